The number of benzene rings is 1. The standard InChI is InChI=1S/C15H23NO/c1-12-2-4-13(5-3-12)15(8-11-17)14-6-9-16-10-7-14/h2-5,14-17H,6-11H2,1H3. The Morgan fingerprint density at radius 1 is 1.24 bits per heavy atom. The molecule has 0 saturated carbocycles. The Kier molecular flexibility index (Phi) is 4.57. The summed E-state index contributed by atoms with van der Waals surface area (Å²) < 4.78 is 0. The molecule has 0 radical (unpaired) electrons. The topological polar surface area (TPSA) is 32.3 Å². The number of hydrogen-bond donors (Lipinski definition) is 2. The molecule has 1 unspecified atom stereocenters. The predicted octanol–water partition coefficient (Wildman–Crippen LogP) is 2.46. The first-order valence-corrected chi connectivity index (χ1v) is 6.69. The fourth-order valence-electron chi connectivity index (χ4n) is 2.87. The lowest BCUT2D eigenvalue weighted by Gasteiger charge is -2.31. The average Bonchev–Trinajstić information content (AvgIpc) is 2.38. The van der Waals surface area contributed by atoms with Crippen LogP contribution in [0.25, 0.3) is 0 Å². The van der Waals surface area contributed by atoms with Gasteiger partial charge in [-0.1, -0.05) is 29.8 Å². The molecule has 1 aliphatic rings. The summed E-state index contributed by atoms with van der Waals surface area (Å²) in [7, 11) is 0. The first kappa shape index (κ1) is 12.6. The zero-order valence-electron chi connectivity index (χ0n) is 10.7. The number of hydrogen-bond acceptors (Lipinski definition) is 2. The van der Waals surface area contributed by atoms with Gasteiger partial charge in [0.2, 0.25) is 0 Å². The van der Waals surface area contributed by atoms with Crippen molar-refractivity contribution in [2.24, 2.45) is 5.92 Å². The van der Waals surface area contributed by atoms with E-state index in [1.54, 1.807) is 0 Å². The minimum atomic E-state index is 0.294. The number of rotatable bonds is 4. The molecule has 1 atom stereocenters. The molecule has 1 saturated heterocycles. The van der Waals surface area contributed by atoms with Gasteiger partial charge >= 0.3 is 0 Å². The maximum atomic E-state index is 9.27. The number of piperidine rings is 1. The monoisotopic (exact) mass is 233 g/mol. The molecule has 2 rings (SSSR count). The van der Waals surface area contributed by atoms with Gasteiger partial charge in [-0.2, -0.15) is 0 Å². The maximum Gasteiger partial charge on any atom is 0.0436 e. The molecule has 17 heavy (non-hydrogen) atoms. The molecular formula is C15H23NO. The highest BCUT2D eigenvalue weighted by atomic mass is 16.3. The van der Waals surface area contributed by atoms with Crippen LogP contribution in [-0.4, -0.2) is 24.8 Å². The Bertz CT molecular complexity index is 327. The van der Waals surface area contributed by atoms with E-state index in [1.807, 2.05) is 0 Å². The van der Waals surface area contributed by atoms with Gasteiger partial charge in [0.05, 0.1) is 0 Å². The first-order valence-electron chi connectivity index (χ1n) is 6.69. The lowest BCUT2D eigenvalue weighted by atomic mass is 9.78. The summed E-state index contributed by atoms with van der Waals surface area (Å²) in [5.41, 5.74) is 2.71. The lowest BCUT2D eigenvalue weighted by Crippen LogP contribution is -2.31. The van der Waals surface area contributed by atoms with Gasteiger partial charge in [-0.3, -0.25) is 0 Å². The third-order valence-corrected chi connectivity index (χ3v) is 3.90. The van der Waals surface area contributed by atoms with E-state index >= 15 is 0 Å². The Morgan fingerprint density at radius 3 is 2.47 bits per heavy atom. The quantitative estimate of drug-likeness (QED) is 0.837. The third-order valence-electron chi connectivity index (χ3n) is 3.90. The van der Waals surface area contributed by atoms with Crippen molar-refractivity contribution in [1.29, 1.82) is 0 Å². The highest BCUT2D eigenvalue weighted by molar-refractivity contribution is 5.25. The Morgan fingerprint density at radius 2 is 1.88 bits per heavy atom. The van der Waals surface area contributed by atoms with Crippen LogP contribution in [0.4, 0.5) is 0 Å². The summed E-state index contributed by atoms with van der Waals surface area (Å²) in [5.74, 6) is 1.26. The van der Waals surface area contributed by atoms with Crippen LogP contribution >= 0.6 is 0 Å². The van der Waals surface area contributed by atoms with Gasteiger partial charge in [-0.25, -0.2) is 0 Å². The maximum absolute atomic E-state index is 9.27. The lowest BCUT2D eigenvalue weighted by molar-refractivity contribution is 0.233. The molecule has 2 nitrogen and oxygen atoms in total. The minimum Gasteiger partial charge on any atom is -0.396 e. The molecular weight excluding hydrogens is 210 g/mol. The van der Waals surface area contributed by atoms with Crippen molar-refractivity contribution in [2.75, 3.05) is 19.7 Å². The first-order chi connectivity index (χ1) is 8.31. The van der Waals surface area contributed by atoms with Crippen molar-refractivity contribution >= 4 is 0 Å². The number of aliphatic hydroxyl groups is 1. The highest BCUT2D eigenvalue weighted by Crippen LogP contribution is 2.33. The van der Waals surface area contributed by atoms with E-state index in [4.69, 9.17) is 0 Å². The molecule has 1 heterocycles. The van der Waals surface area contributed by atoms with Gasteiger partial charge in [0, 0.05) is 6.61 Å². The van der Waals surface area contributed by atoms with E-state index in [0.29, 0.717) is 12.5 Å². The summed E-state index contributed by atoms with van der Waals surface area (Å²) in [6, 6.07) is 8.83. The van der Waals surface area contributed by atoms with E-state index in [-0.39, 0.29) is 0 Å². The molecule has 0 aliphatic carbocycles. The summed E-state index contributed by atoms with van der Waals surface area (Å²) in [6.07, 6.45) is 3.37. The third kappa shape index (κ3) is 3.30. The van der Waals surface area contributed by atoms with Gasteiger partial charge in [-0.15, -0.1) is 0 Å². The fourth-order valence-corrected chi connectivity index (χ4v) is 2.87. The summed E-state index contributed by atoms with van der Waals surface area (Å²) in [5, 5.41) is 12.7. The Balaban J connectivity index is 2.12. The molecule has 1 aliphatic heterocycles. The molecule has 0 bridgehead atoms. The molecule has 1 aromatic carbocycles. The van der Waals surface area contributed by atoms with Crippen LogP contribution in [0.15, 0.2) is 24.3 Å². The van der Waals surface area contributed by atoms with E-state index < -0.39 is 0 Å². The highest BCUT2D eigenvalue weighted by Gasteiger charge is 2.24. The largest absolute Gasteiger partial charge is 0.396 e. The normalized spacial score (nSPS) is 19.2. The van der Waals surface area contributed by atoms with Crippen molar-refractivity contribution in [3.63, 3.8) is 0 Å². The number of aliphatic hydroxyl groups excluding tert-OH is 1. The fraction of sp³-hybridized carbons (Fsp3) is 0.600. The van der Waals surface area contributed by atoms with Crippen LogP contribution in [0.1, 0.15) is 36.3 Å². The zero-order valence-corrected chi connectivity index (χ0v) is 10.7. The zero-order chi connectivity index (χ0) is 12.1. The van der Waals surface area contributed by atoms with E-state index in [1.165, 1.54) is 24.0 Å². The molecule has 1 fully saturated rings. The molecule has 94 valence electrons. The summed E-state index contributed by atoms with van der Waals surface area (Å²) in [4.78, 5) is 0. The van der Waals surface area contributed by atoms with Gasteiger partial charge < -0.3 is 10.4 Å². The molecule has 0 aromatic heterocycles. The van der Waals surface area contributed by atoms with Crippen molar-refractivity contribution < 1.29 is 5.11 Å². The summed E-state index contributed by atoms with van der Waals surface area (Å²) in [6.45, 7) is 4.66. The van der Waals surface area contributed by atoms with Gasteiger partial charge in [0.1, 0.15) is 0 Å². The van der Waals surface area contributed by atoms with Crippen LogP contribution < -0.4 is 5.32 Å². The number of nitrogens with one attached hydrogen (secondary N) is 1. The van der Waals surface area contributed by atoms with Crippen LogP contribution in [0.2, 0.25) is 0 Å². The Labute approximate surface area is 104 Å². The van der Waals surface area contributed by atoms with Crippen LogP contribution in [0.3, 0.4) is 0 Å². The van der Waals surface area contributed by atoms with E-state index in [2.05, 4.69) is 36.5 Å². The minimum absolute atomic E-state index is 0.294. The van der Waals surface area contributed by atoms with Gasteiger partial charge in [0.15, 0.2) is 0 Å². The smallest absolute Gasteiger partial charge is 0.0436 e. The molecule has 2 heteroatoms. The van der Waals surface area contributed by atoms with Crippen LogP contribution in [0.5, 0.6) is 0 Å². The van der Waals surface area contributed by atoms with Crippen LogP contribution in [0, 0.1) is 12.8 Å². The second-order valence-corrected chi connectivity index (χ2v) is 5.12. The SMILES string of the molecule is Cc1ccc(C(CCO)C2CCNCC2)cc1. The second kappa shape index (κ2) is 6.18. The van der Waals surface area contributed by atoms with Crippen molar-refractivity contribution in [3.05, 3.63) is 35.4 Å². The molecule has 1 aromatic rings. The molecule has 2 N–H and O–H groups in total. The van der Waals surface area contributed by atoms with Crippen molar-refractivity contribution in [2.45, 2.75) is 32.1 Å². The second-order valence-electron chi connectivity index (χ2n) is 5.12. The van der Waals surface area contributed by atoms with Gasteiger partial charge in [-0.05, 0) is 56.7 Å². The number of aryl methyl sites for hydroxylation is 1. The van der Waals surface area contributed by atoms with E-state index in [9.17, 15) is 5.11 Å². The molecule has 0 amide bonds. The predicted molar refractivity (Wildman–Crippen MR) is 71.2 cm³/mol. The van der Waals surface area contributed by atoms with Crippen molar-refractivity contribution in [1.82, 2.24) is 5.32 Å². The van der Waals surface area contributed by atoms with Gasteiger partial charge in [0.25, 0.3) is 0 Å². The molecule has 0 spiro atoms. The average molecular weight is 233 g/mol. The van der Waals surface area contributed by atoms with E-state index in [0.717, 1.165) is 25.4 Å². The summed E-state index contributed by atoms with van der Waals surface area (Å²) >= 11 is 0. The van der Waals surface area contributed by atoms with Crippen molar-refractivity contribution in [3.8, 4) is 0 Å². The Hall–Kier alpha value is -0.860. The van der Waals surface area contributed by atoms with Crippen LogP contribution in [-0.2, 0) is 0 Å².